The summed E-state index contributed by atoms with van der Waals surface area (Å²) in [4.78, 5) is 30.5. The number of carbonyl (C=O) groups is 2. The molecule has 174 valence electrons. The Morgan fingerprint density at radius 3 is 2.42 bits per heavy atom. The van der Waals surface area contributed by atoms with Crippen molar-refractivity contribution in [1.29, 1.82) is 0 Å². The number of aromatic amines is 1. The smallest absolute Gasteiger partial charge is 0.355 e. The third kappa shape index (κ3) is 5.94. The van der Waals surface area contributed by atoms with Gasteiger partial charge >= 0.3 is 12.0 Å². The second-order valence-electron chi connectivity index (χ2n) is 7.95. The van der Waals surface area contributed by atoms with E-state index in [1.54, 1.807) is 25.0 Å². The van der Waals surface area contributed by atoms with Gasteiger partial charge in [-0.15, -0.1) is 0 Å². The number of ether oxygens (including phenoxy) is 2. The van der Waals surface area contributed by atoms with E-state index in [4.69, 9.17) is 9.47 Å². The summed E-state index contributed by atoms with van der Waals surface area (Å²) in [6.45, 7) is 8.61. The number of esters is 1. The first-order valence-corrected chi connectivity index (χ1v) is 10.9. The van der Waals surface area contributed by atoms with Gasteiger partial charge in [-0.2, -0.15) is 0 Å². The van der Waals surface area contributed by atoms with Gasteiger partial charge in [-0.25, -0.2) is 9.59 Å². The maximum Gasteiger partial charge on any atom is 0.355 e. The number of H-pyrrole nitrogens is 1. The minimum absolute atomic E-state index is 0.249. The van der Waals surface area contributed by atoms with Crippen molar-refractivity contribution in [3.8, 4) is 5.75 Å². The average Bonchev–Trinajstić information content (AvgIpc) is 3.08. The van der Waals surface area contributed by atoms with Crippen molar-refractivity contribution in [2.24, 2.45) is 0 Å². The zero-order chi connectivity index (χ0) is 24.0. The number of benzene rings is 2. The SMILES string of the molecule is CCOC(=O)c1[nH]c(C)c(CN(Cc2ccc(C)cc2)C(=O)Nc2cccc(OC)c2)c1C. The molecule has 3 aromatic rings. The molecule has 0 fully saturated rings. The normalized spacial score (nSPS) is 10.6. The van der Waals surface area contributed by atoms with E-state index in [-0.39, 0.29) is 6.03 Å². The number of hydrogen-bond acceptors (Lipinski definition) is 4. The molecule has 0 bridgehead atoms. The predicted octanol–water partition coefficient (Wildman–Crippen LogP) is 5.36. The monoisotopic (exact) mass is 449 g/mol. The van der Waals surface area contributed by atoms with E-state index in [2.05, 4.69) is 10.3 Å². The Kier molecular flexibility index (Phi) is 7.77. The lowest BCUT2D eigenvalue weighted by Gasteiger charge is -2.24. The number of nitrogens with one attached hydrogen (secondary N) is 2. The van der Waals surface area contributed by atoms with Crippen molar-refractivity contribution < 1.29 is 19.1 Å². The number of anilines is 1. The molecule has 0 spiro atoms. The Bertz CT molecular complexity index is 1120. The van der Waals surface area contributed by atoms with Crippen LogP contribution in [-0.4, -0.2) is 35.6 Å². The van der Waals surface area contributed by atoms with Gasteiger partial charge in [0, 0.05) is 30.5 Å². The molecule has 3 rings (SSSR count). The number of methoxy groups -OCH3 is 1. The molecule has 0 saturated heterocycles. The predicted molar refractivity (Wildman–Crippen MR) is 129 cm³/mol. The molecule has 7 heteroatoms. The zero-order valence-corrected chi connectivity index (χ0v) is 19.8. The second kappa shape index (κ2) is 10.7. The highest BCUT2D eigenvalue weighted by Crippen LogP contribution is 2.23. The number of aryl methyl sites for hydroxylation is 2. The van der Waals surface area contributed by atoms with Crippen molar-refractivity contribution >= 4 is 17.7 Å². The lowest BCUT2D eigenvalue weighted by Crippen LogP contribution is -2.34. The highest BCUT2D eigenvalue weighted by atomic mass is 16.5. The largest absolute Gasteiger partial charge is 0.497 e. The summed E-state index contributed by atoms with van der Waals surface area (Å²) in [5, 5.41) is 2.96. The summed E-state index contributed by atoms with van der Waals surface area (Å²) in [6.07, 6.45) is 0. The average molecular weight is 450 g/mol. The molecule has 33 heavy (non-hydrogen) atoms. The van der Waals surface area contributed by atoms with E-state index in [1.807, 2.05) is 63.2 Å². The number of urea groups is 1. The summed E-state index contributed by atoms with van der Waals surface area (Å²) in [5.41, 5.74) is 5.75. The lowest BCUT2D eigenvalue weighted by atomic mass is 10.1. The Hall–Kier alpha value is -3.74. The van der Waals surface area contributed by atoms with Crippen LogP contribution in [0.15, 0.2) is 48.5 Å². The Balaban J connectivity index is 1.89. The summed E-state index contributed by atoms with van der Waals surface area (Å²) >= 11 is 0. The first-order valence-electron chi connectivity index (χ1n) is 10.9. The van der Waals surface area contributed by atoms with Gasteiger partial charge in [0.1, 0.15) is 11.4 Å². The molecule has 0 aliphatic rings. The first kappa shape index (κ1) is 23.9. The number of nitrogens with zero attached hydrogens (tertiary/aromatic N) is 1. The maximum atomic E-state index is 13.3. The first-order chi connectivity index (χ1) is 15.8. The highest BCUT2D eigenvalue weighted by molar-refractivity contribution is 5.91. The van der Waals surface area contributed by atoms with Crippen LogP contribution in [0, 0.1) is 20.8 Å². The van der Waals surface area contributed by atoms with E-state index in [9.17, 15) is 9.59 Å². The molecule has 2 aromatic carbocycles. The molecule has 0 aliphatic carbocycles. The fourth-order valence-electron chi connectivity index (χ4n) is 3.64. The van der Waals surface area contributed by atoms with E-state index < -0.39 is 5.97 Å². The van der Waals surface area contributed by atoms with Crippen LogP contribution in [0.5, 0.6) is 5.75 Å². The summed E-state index contributed by atoms with van der Waals surface area (Å²) < 4.78 is 10.4. The van der Waals surface area contributed by atoms with Crippen LogP contribution in [0.2, 0.25) is 0 Å². The Morgan fingerprint density at radius 1 is 1.03 bits per heavy atom. The van der Waals surface area contributed by atoms with Crippen LogP contribution in [-0.2, 0) is 17.8 Å². The molecule has 2 N–H and O–H groups in total. The van der Waals surface area contributed by atoms with Crippen molar-refractivity contribution in [1.82, 2.24) is 9.88 Å². The number of hydrogen-bond donors (Lipinski definition) is 2. The van der Waals surface area contributed by atoms with Crippen molar-refractivity contribution in [3.63, 3.8) is 0 Å². The topological polar surface area (TPSA) is 83.7 Å². The molecule has 7 nitrogen and oxygen atoms in total. The summed E-state index contributed by atoms with van der Waals surface area (Å²) in [6, 6.07) is 15.1. The van der Waals surface area contributed by atoms with Crippen LogP contribution < -0.4 is 10.1 Å². The highest BCUT2D eigenvalue weighted by Gasteiger charge is 2.22. The van der Waals surface area contributed by atoms with Crippen LogP contribution in [0.25, 0.3) is 0 Å². The minimum Gasteiger partial charge on any atom is -0.497 e. The molecule has 1 aromatic heterocycles. The third-order valence-electron chi connectivity index (χ3n) is 5.52. The zero-order valence-electron chi connectivity index (χ0n) is 19.8. The quantitative estimate of drug-likeness (QED) is 0.454. The lowest BCUT2D eigenvalue weighted by molar-refractivity contribution is 0.0519. The van der Waals surface area contributed by atoms with E-state index >= 15 is 0 Å². The fraction of sp³-hybridized carbons (Fsp3) is 0.308. The molecule has 0 atom stereocenters. The van der Waals surface area contributed by atoms with E-state index in [0.717, 1.165) is 27.9 Å². The van der Waals surface area contributed by atoms with Gasteiger partial charge in [-0.05, 0) is 56.5 Å². The van der Waals surface area contributed by atoms with Crippen LogP contribution in [0.3, 0.4) is 0 Å². The standard InChI is InChI=1S/C26H31N3O4/c1-6-33-25(30)24-18(3)23(19(4)27-24)16-29(15-20-12-10-17(2)11-13-20)26(31)28-21-8-7-9-22(14-21)32-5/h7-14,27H,6,15-16H2,1-5H3,(H,28,31). The van der Waals surface area contributed by atoms with Crippen molar-refractivity contribution in [2.45, 2.75) is 40.8 Å². The minimum atomic E-state index is -0.393. The maximum absolute atomic E-state index is 13.3. The van der Waals surface area contributed by atoms with Gasteiger partial charge in [0.2, 0.25) is 0 Å². The molecular weight excluding hydrogens is 418 g/mol. The molecule has 0 radical (unpaired) electrons. The van der Waals surface area contributed by atoms with Crippen LogP contribution in [0.4, 0.5) is 10.5 Å². The number of amides is 2. The Morgan fingerprint density at radius 2 is 1.76 bits per heavy atom. The van der Waals surface area contributed by atoms with Crippen molar-refractivity contribution in [2.75, 3.05) is 19.0 Å². The molecule has 0 aliphatic heterocycles. The molecule has 0 unspecified atom stereocenters. The second-order valence-corrected chi connectivity index (χ2v) is 7.95. The van der Waals surface area contributed by atoms with E-state index in [1.165, 1.54) is 0 Å². The van der Waals surface area contributed by atoms with Gasteiger partial charge < -0.3 is 24.7 Å². The van der Waals surface area contributed by atoms with Gasteiger partial charge in [0.25, 0.3) is 0 Å². The summed E-state index contributed by atoms with van der Waals surface area (Å²) in [5.74, 6) is 0.268. The van der Waals surface area contributed by atoms with Crippen LogP contribution >= 0.6 is 0 Å². The van der Waals surface area contributed by atoms with Gasteiger partial charge in [-0.3, -0.25) is 0 Å². The van der Waals surface area contributed by atoms with Gasteiger partial charge in [0.15, 0.2) is 0 Å². The number of carbonyl (C=O) groups excluding carboxylic acids is 2. The molecule has 1 heterocycles. The van der Waals surface area contributed by atoms with Gasteiger partial charge in [-0.1, -0.05) is 35.9 Å². The molecule has 0 saturated carbocycles. The third-order valence-corrected chi connectivity index (χ3v) is 5.52. The van der Waals surface area contributed by atoms with Crippen molar-refractivity contribution in [3.05, 3.63) is 82.2 Å². The van der Waals surface area contributed by atoms with Gasteiger partial charge in [0.05, 0.1) is 13.7 Å². The summed E-state index contributed by atoms with van der Waals surface area (Å²) in [7, 11) is 1.59. The Labute approximate surface area is 194 Å². The number of rotatable bonds is 8. The van der Waals surface area contributed by atoms with Crippen LogP contribution in [0.1, 0.15) is 45.4 Å². The number of aromatic nitrogens is 1. The molecular formula is C26H31N3O4. The molecule has 2 amide bonds. The van der Waals surface area contributed by atoms with E-state index in [0.29, 0.717) is 36.8 Å². The fourth-order valence-corrected chi connectivity index (χ4v) is 3.64.